The van der Waals surface area contributed by atoms with Crippen molar-refractivity contribution in [1.29, 1.82) is 0 Å². The fourth-order valence-corrected chi connectivity index (χ4v) is 13.8. The van der Waals surface area contributed by atoms with Crippen LogP contribution in [-0.4, -0.2) is 209 Å². The molecule has 1 aromatic carbocycles. The summed E-state index contributed by atoms with van der Waals surface area (Å²) in [7, 11) is 6.17. The van der Waals surface area contributed by atoms with Crippen LogP contribution in [0.3, 0.4) is 0 Å². The molecule has 2 bridgehead atoms. The van der Waals surface area contributed by atoms with Gasteiger partial charge in [-0.1, -0.05) is 48.4 Å². The van der Waals surface area contributed by atoms with Crippen LogP contribution in [-0.2, 0) is 83.6 Å². The van der Waals surface area contributed by atoms with Gasteiger partial charge in [-0.25, -0.2) is 0 Å². The second kappa shape index (κ2) is 32.1. The number of fused-ring (bicyclic) bond motifs is 2. The standard InChI is InChI=1S/C59H79IN2O21S.S3/c1-13-19-35-44-34(23-40(67)73-9)38(66)25-59(35,72)21-18-16-15-17-20-58(44,8)82-56-43(39-22-33(26-63)36(27-77-39)62(14-2)32(7)64)48(69)46(29(4)79-56)61-83-41-24-37(65)54(31(6)78-41)84-55(71)42-28(3)45(60)51(53(76-12)50(42)74-10)81-57-49(70)52(75-11)47(68)30(5)80-57;1-3-2/h15-16,19,29-31,33,36-37,39,41,43,46-49,52,54,56-57,61,63,65,68-70,72H,13-14,22-27H2,1-12H3;/b16-15-,35-19+;/t29?,30?,31?,33?,36?,37?,39?,41?,43?,46?,47?,48?,49?,52?,54?,56?,57?,58-,59+;/m0./s1. The first-order valence-electron chi connectivity index (χ1n) is 28.3. The van der Waals surface area contributed by atoms with E-state index in [1.54, 1.807) is 45.6 Å². The van der Waals surface area contributed by atoms with Crippen LogP contribution in [0.25, 0.3) is 0 Å². The fourth-order valence-electron chi connectivity index (χ4n) is 12.0. The predicted octanol–water partition coefficient (Wildman–Crippen LogP) is 2.71. The summed E-state index contributed by atoms with van der Waals surface area (Å²) in [5, 5.41) is 67.9. The van der Waals surface area contributed by atoms with Crippen molar-refractivity contribution in [1.82, 2.24) is 10.4 Å². The van der Waals surface area contributed by atoms with Crippen LogP contribution in [0.1, 0.15) is 96.5 Å². The van der Waals surface area contributed by atoms with Gasteiger partial charge in [-0.05, 0) is 100 Å². The van der Waals surface area contributed by atoms with Gasteiger partial charge in [0.2, 0.25) is 23.1 Å². The van der Waals surface area contributed by atoms with Crippen LogP contribution < -0.4 is 19.7 Å². The molecule has 1 amide bonds. The average Bonchev–Trinajstić information content (AvgIpc) is 0.972. The number of methoxy groups -OCH3 is 4. The maximum absolute atomic E-state index is 14.5. The maximum Gasteiger partial charge on any atom is 0.310 e. The number of aliphatic hydroxyl groups excluding tert-OH is 5. The molecular weight excluding hydrogens is 1330 g/mol. The van der Waals surface area contributed by atoms with Gasteiger partial charge in [0.25, 0.3) is 0 Å². The molecule has 4 saturated heterocycles. The third kappa shape index (κ3) is 16.0. The number of thioether (sulfide) groups is 1. The molecule has 1 aromatic rings. The summed E-state index contributed by atoms with van der Waals surface area (Å²) in [6, 6.07) is -1.59. The number of hydrogen-bond donors (Lipinski definition) is 7. The molecule has 23 nitrogen and oxygen atoms in total. The molecule has 4 aliphatic heterocycles. The number of ketones is 1. The first kappa shape index (κ1) is 72.5. The summed E-state index contributed by atoms with van der Waals surface area (Å²) in [5.41, 5.74) is -0.157. The molecule has 4 heterocycles. The molecule has 7 N–H and O–H groups in total. The van der Waals surface area contributed by atoms with Crippen molar-refractivity contribution in [2.45, 2.75) is 190 Å². The van der Waals surface area contributed by atoms with Crippen molar-refractivity contribution in [3.8, 4) is 40.9 Å². The largest absolute Gasteiger partial charge is 0.492 e. The van der Waals surface area contributed by atoms with Gasteiger partial charge < -0.3 is 82.9 Å². The molecule has 6 aliphatic rings. The Morgan fingerprint density at radius 2 is 1.57 bits per heavy atom. The minimum Gasteiger partial charge on any atom is -0.492 e. The Morgan fingerprint density at radius 1 is 0.920 bits per heavy atom. The lowest BCUT2D eigenvalue weighted by atomic mass is 9.69. The summed E-state index contributed by atoms with van der Waals surface area (Å²) in [6.07, 6.45) is -9.63. The van der Waals surface area contributed by atoms with Crippen LogP contribution in [0.15, 0.2) is 34.9 Å². The first-order chi connectivity index (χ1) is 41.3. The molecule has 17 unspecified atom stereocenters. The highest BCUT2D eigenvalue weighted by atomic mass is 127. The quantitative estimate of drug-likeness (QED) is 0.0453. The minimum absolute atomic E-state index is 0.0188. The molecule has 0 aromatic heterocycles. The number of benzene rings is 1. The highest BCUT2D eigenvalue weighted by molar-refractivity contribution is 14.1. The number of hydroxylamine groups is 1. The molecule has 0 radical (unpaired) electrons. The van der Waals surface area contributed by atoms with Crippen LogP contribution in [0.4, 0.5) is 0 Å². The van der Waals surface area contributed by atoms with E-state index >= 15 is 0 Å². The molecule has 2 aliphatic carbocycles. The Hall–Kier alpha value is -3.58. The van der Waals surface area contributed by atoms with E-state index in [4.69, 9.17) is 52.2 Å². The van der Waals surface area contributed by atoms with Crippen LogP contribution in [0, 0.1) is 46.0 Å². The van der Waals surface area contributed by atoms with E-state index in [-0.39, 0.29) is 71.5 Å². The summed E-state index contributed by atoms with van der Waals surface area (Å²) >= 11 is 11.1. The van der Waals surface area contributed by atoms with Gasteiger partial charge in [0.1, 0.15) is 18.3 Å². The van der Waals surface area contributed by atoms with Crippen LogP contribution in [0.5, 0.6) is 17.2 Å². The van der Waals surface area contributed by atoms with E-state index < -0.39 is 144 Å². The third-order valence-corrected chi connectivity index (χ3v) is 19.0. The number of esters is 1. The van der Waals surface area contributed by atoms with Gasteiger partial charge in [-0.15, -0.1) is 0 Å². The van der Waals surface area contributed by atoms with E-state index in [9.17, 15) is 49.8 Å². The normalized spacial score (nSPS) is 35.6. The van der Waals surface area contributed by atoms with Crippen LogP contribution >= 0.6 is 34.4 Å². The van der Waals surface area contributed by atoms with Gasteiger partial charge in [0, 0.05) is 81.9 Å². The van der Waals surface area contributed by atoms with Crippen LogP contribution in [0.2, 0.25) is 0 Å². The molecule has 19 atom stereocenters. The molecule has 482 valence electrons. The lowest BCUT2D eigenvalue weighted by Gasteiger charge is -2.51. The zero-order valence-electron chi connectivity index (χ0n) is 50.5. The fraction of sp³-hybridized carbons (Fsp3) is 0.661. The van der Waals surface area contributed by atoms with E-state index in [2.05, 4.69) is 51.5 Å². The number of likely N-dealkylation sites (N-methyl/N-ethyl adjacent to an activating group) is 1. The molecular formula is C59H79IN2O21S4. The van der Waals surface area contributed by atoms with E-state index in [0.29, 0.717) is 22.1 Å². The molecule has 87 heavy (non-hydrogen) atoms. The number of ether oxygens (including phenoxy) is 10. The van der Waals surface area contributed by atoms with Crippen molar-refractivity contribution in [2.75, 3.05) is 48.2 Å². The Balaban J connectivity index is 0.00000395. The lowest BCUT2D eigenvalue weighted by molar-refractivity contribution is -0.314. The molecule has 0 saturated carbocycles. The molecule has 7 rings (SSSR count). The van der Waals surface area contributed by atoms with Crippen molar-refractivity contribution >= 4 is 88.4 Å². The number of carbonyl (C=O) groups is 4. The summed E-state index contributed by atoms with van der Waals surface area (Å²) in [5.74, 6) is 8.60. The van der Waals surface area contributed by atoms with Crippen molar-refractivity contribution in [3.05, 3.63) is 49.6 Å². The average molecular weight is 1410 g/mol. The second-order valence-corrected chi connectivity index (χ2v) is 25.8. The smallest absolute Gasteiger partial charge is 0.310 e. The Kier molecular flexibility index (Phi) is 26.8. The van der Waals surface area contributed by atoms with Gasteiger partial charge in [-0.2, -0.15) is 5.48 Å². The number of allylic oxidation sites excluding steroid dienone is 3. The van der Waals surface area contributed by atoms with Gasteiger partial charge in [0.05, 0.1) is 110 Å². The second-order valence-electron chi connectivity index (χ2n) is 21.8. The minimum atomic E-state index is -2.03. The number of halogens is 1. The number of rotatable bonds is 19. The van der Waals surface area contributed by atoms with Crippen molar-refractivity contribution < 1.29 is 102 Å². The summed E-state index contributed by atoms with van der Waals surface area (Å²) in [6.45, 7) is 13.3. The van der Waals surface area contributed by atoms with Gasteiger partial charge >= 0.3 is 5.97 Å². The first-order valence-corrected chi connectivity index (χ1v) is 32.9. The maximum atomic E-state index is 14.5. The predicted molar refractivity (Wildman–Crippen MR) is 332 cm³/mol. The van der Waals surface area contributed by atoms with Gasteiger partial charge in [0.15, 0.2) is 41.1 Å². The third-order valence-electron chi connectivity index (χ3n) is 16.4. The molecule has 0 spiro atoms. The number of nitrogens with zero attached hydrogens (tertiary/aromatic N) is 1. The summed E-state index contributed by atoms with van der Waals surface area (Å²) in [4.78, 5) is 62.3. The Morgan fingerprint density at radius 3 is 2.16 bits per heavy atom. The SMILES string of the molecule is CC/C=C1\C2=C(CC(=O)OC)C(=O)C[C@]1(O)C#C/C=C\C#C[C@]2(C)OC1OC(C)C(NOC2CC(O)C(SC(=O)c3c(C)c(I)c(OC4OC(C)C(O)C(OC)C4O)c(OC)c3OC)C(C)O2)C(O)C1C1CC(CO)C(N(CC)C(C)=O)CO1.S=S=S. The number of amides is 1. The van der Waals surface area contributed by atoms with E-state index in [1.165, 1.54) is 47.5 Å². The van der Waals surface area contributed by atoms with E-state index in [1.807, 2.05) is 36.4 Å². The number of nitrogens with one attached hydrogen (secondary N) is 1. The van der Waals surface area contributed by atoms with Crippen molar-refractivity contribution in [2.24, 2.45) is 11.8 Å². The number of aliphatic hydroxyl groups is 6. The van der Waals surface area contributed by atoms with Gasteiger partial charge in [-0.3, -0.25) is 24.0 Å². The molecule has 4 fully saturated rings. The van der Waals surface area contributed by atoms with E-state index in [0.717, 1.165) is 20.6 Å². The number of carbonyl (C=O) groups excluding carboxylic acids is 4. The zero-order valence-corrected chi connectivity index (χ0v) is 55.9. The number of hydrogen-bond acceptors (Lipinski definition) is 25. The topological polar surface area (TPSA) is 306 Å². The summed E-state index contributed by atoms with van der Waals surface area (Å²) < 4.78 is 61.0. The van der Waals surface area contributed by atoms with Crippen molar-refractivity contribution in [3.63, 3.8) is 0 Å². The lowest BCUT2D eigenvalue weighted by Crippen LogP contribution is -2.65. The Labute approximate surface area is 537 Å². The highest BCUT2D eigenvalue weighted by Crippen LogP contribution is 2.50. The Bertz CT molecular complexity index is 2930. The zero-order chi connectivity index (χ0) is 64.4. The monoisotopic (exact) mass is 1410 g/mol. The highest BCUT2D eigenvalue weighted by Gasteiger charge is 2.56. The molecule has 28 heteroatoms. The number of Topliss-reactive ketones (excluding diaryl/α,β-unsaturated/α-hetero) is 1.